The molecule has 6 heteroatoms. The van der Waals surface area contributed by atoms with E-state index in [0.29, 0.717) is 10.7 Å². The highest BCUT2D eigenvalue weighted by Crippen LogP contribution is 2.14. The molecule has 2 N–H and O–H groups in total. The summed E-state index contributed by atoms with van der Waals surface area (Å²) in [6.07, 6.45) is 1.13. The first kappa shape index (κ1) is 15.5. The third-order valence-corrected chi connectivity index (χ3v) is 3.37. The van der Waals surface area contributed by atoms with E-state index in [1.807, 2.05) is 26.0 Å². The van der Waals surface area contributed by atoms with Gasteiger partial charge in [0.25, 0.3) is 5.91 Å². The summed E-state index contributed by atoms with van der Waals surface area (Å²) in [5.74, 6) is -0.218. The van der Waals surface area contributed by atoms with Crippen LogP contribution in [0.5, 0.6) is 0 Å². The van der Waals surface area contributed by atoms with Gasteiger partial charge in [-0.05, 0) is 30.2 Å². The van der Waals surface area contributed by atoms with Crippen LogP contribution in [0, 0.1) is 5.92 Å². The van der Waals surface area contributed by atoms with E-state index in [4.69, 9.17) is 11.6 Å². The molecule has 0 aliphatic rings. The predicted molar refractivity (Wildman–Crippen MR) is 81.8 cm³/mol. The Kier molecular flexibility index (Phi) is 4.98. The molecule has 21 heavy (non-hydrogen) atoms. The van der Waals surface area contributed by atoms with Gasteiger partial charge in [-0.3, -0.25) is 4.79 Å². The third-order valence-electron chi connectivity index (χ3n) is 3.14. The number of carbonyl (C=O) groups excluding carboxylic acids is 1. The molecule has 2 rings (SSSR count). The second-order valence-electron chi connectivity index (χ2n) is 5.15. The third kappa shape index (κ3) is 4.06. The molecule has 0 radical (unpaired) electrons. The molecular weight excluding hydrogens is 290 g/mol. The van der Waals surface area contributed by atoms with Crippen molar-refractivity contribution in [2.45, 2.75) is 20.0 Å². The molecule has 0 aliphatic heterocycles. The van der Waals surface area contributed by atoms with Gasteiger partial charge in [0, 0.05) is 17.8 Å². The number of hydrogen-bond acceptors (Lipinski definition) is 3. The van der Waals surface area contributed by atoms with Crippen molar-refractivity contribution in [1.82, 2.24) is 15.1 Å². The van der Waals surface area contributed by atoms with E-state index in [0.717, 1.165) is 5.69 Å². The van der Waals surface area contributed by atoms with E-state index in [1.54, 1.807) is 29.1 Å². The van der Waals surface area contributed by atoms with E-state index in [-0.39, 0.29) is 18.4 Å². The maximum absolute atomic E-state index is 12.0. The Morgan fingerprint density at radius 2 is 2.19 bits per heavy atom. The quantitative estimate of drug-likeness (QED) is 0.890. The van der Waals surface area contributed by atoms with Gasteiger partial charge in [-0.25, -0.2) is 4.68 Å². The largest absolute Gasteiger partial charge is 0.391 e. The Bertz CT molecular complexity index is 625. The molecule has 0 aliphatic carbocycles. The molecule has 1 aromatic heterocycles. The number of nitrogens with zero attached hydrogens (tertiary/aromatic N) is 2. The molecule has 5 nitrogen and oxygen atoms in total. The van der Waals surface area contributed by atoms with Gasteiger partial charge >= 0.3 is 0 Å². The second kappa shape index (κ2) is 6.74. The number of amides is 1. The number of nitrogens with one attached hydrogen (secondary N) is 1. The number of aliphatic hydroxyl groups is 1. The van der Waals surface area contributed by atoms with Crippen LogP contribution in [0.3, 0.4) is 0 Å². The Morgan fingerprint density at radius 3 is 2.86 bits per heavy atom. The standard InChI is InChI=1S/C15H18ClN3O2/c1-10(2)14(20)9-17-15(21)13-6-7-19(18-13)12-5-3-4-11(16)8-12/h3-8,10,14,20H,9H2,1-2H3,(H,17,21). The zero-order chi connectivity index (χ0) is 15.4. The zero-order valence-electron chi connectivity index (χ0n) is 12.0. The molecule has 0 bridgehead atoms. The van der Waals surface area contributed by atoms with E-state index in [9.17, 15) is 9.90 Å². The van der Waals surface area contributed by atoms with Crippen LogP contribution in [0.15, 0.2) is 36.5 Å². The summed E-state index contributed by atoms with van der Waals surface area (Å²) in [4.78, 5) is 12.0. The summed E-state index contributed by atoms with van der Waals surface area (Å²) in [7, 11) is 0. The van der Waals surface area contributed by atoms with E-state index in [2.05, 4.69) is 10.4 Å². The van der Waals surface area contributed by atoms with Gasteiger partial charge in [0.2, 0.25) is 0 Å². The lowest BCUT2D eigenvalue weighted by molar-refractivity contribution is 0.0867. The fourth-order valence-corrected chi connectivity index (χ4v) is 1.92. The summed E-state index contributed by atoms with van der Waals surface area (Å²) >= 11 is 5.93. The van der Waals surface area contributed by atoms with Crippen LogP contribution in [-0.2, 0) is 0 Å². The Hall–Kier alpha value is -1.85. The highest BCUT2D eigenvalue weighted by Gasteiger charge is 2.14. The molecule has 0 fully saturated rings. The van der Waals surface area contributed by atoms with Crippen molar-refractivity contribution in [1.29, 1.82) is 0 Å². The first-order valence-electron chi connectivity index (χ1n) is 6.75. The van der Waals surface area contributed by atoms with Gasteiger partial charge < -0.3 is 10.4 Å². The van der Waals surface area contributed by atoms with E-state index >= 15 is 0 Å². The number of carbonyl (C=O) groups is 1. The SMILES string of the molecule is CC(C)C(O)CNC(=O)c1ccn(-c2cccc(Cl)c2)n1. The summed E-state index contributed by atoms with van der Waals surface area (Å²) in [6, 6.07) is 8.83. The van der Waals surface area contributed by atoms with Crippen LogP contribution in [0.2, 0.25) is 5.02 Å². The minimum atomic E-state index is -0.566. The number of aromatic nitrogens is 2. The molecule has 1 amide bonds. The first-order valence-corrected chi connectivity index (χ1v) is 7.13. The Balaban J connectivity index is 2.04. The molecule has 0 saturated heterocycles. The van der Waals surface area contributed by atoms with Crippen LogP contribution in [0.4, 0.5) is 0 Å². The average Bonchev–Trinajstić information content (AvgIpc) is 2.94. The molecule has 0 spiro atoms. The maximum atomic E-state index is 12.0. The highest BCUT2D eigenvalue weighted by molar-refractivity contribution is 6.30. The zero-order valence-corrected chi connectivity index (χ0v) is 12.7. The van der Waals surface area contributed by atoms with Gasteiger partial charge in [-0.1, -0.05) is 31.5 Å². The van der Waals surface area contributed by atoms with Gasteiger partial charge in [-0.15, -0.1) is 0 Å². The summed E-state index contributed by atoms with van der Waals surface area (Å²) in [5, 5.41) is 17.2. The molecule has 2 aromatic rings. The topological polar surface area (TPSA) is 67.2 Å². The Labute approximate surface area is 128 Å². The minimum absolute atomic E-state index is 0.0920. The van der Waals surface area contributed by atoms with Gasteiger partial charge in [-0.2, -0.15) is 5.10 Å². The minimum Gasteiger partial charge on any atom is -0.391 e. The lowest BCUT2D eigenvalue weighted by atomic mass is 10.1. The van der Waals surface area contributed by atoms with Gasteiger partial charge in [0.05, 0.1) is 11.8 Å². The molecular formula is C15H18ClN3O2. The van der Waals surface area contributed by atoms with Crippen LogP contribution in [0.25, 0.3) is 5.69 Å². The van der Waals surface area contributed by atoms with Crippen molar-refractivity contribution in [2.75, 3.05) is 6.54 Å². The summed E-state index contributed by atoms with van der Waals surface area (Å²) in [6.45, 7) is 4.00. The number of benzene rings is 1. The second-order valence-corrected chi connectivity index (χ2v) is 5.58. The van der Waals surface area contributed by atoms with Crippen molar-refractivity contribution >= 4 is 17.5 Å². The van der Waals surface area contributed by atoms with Crippen LogP contribution < -0.4 is 5.32 Å². The molecule has 1 atom stereocenters. The van der Waals surface area contributed by atoms with Gasteiger partial charge in [0.1, 0.15) is 0 Å². The van der Waals surface area contributed by atoms with E-state index in [1.165, 1.54) is 0 Å². The fraction of sp³-hybridized carbons (Fsp3) is 0.333. The average molecular weight is 308 g/mol. The van der Waals surface area contributed by atoms with Crippen LogP contribution >= 0.6 is 11.6 Å². The molecule has 1 heterocycles. The monoisotopic (exact) mass is 307 g/mol. The molecule has 0 saturated carbocycles. The van der Waals surface area contributed by atoms with Gasteiger partial charge in [0.15, 0.2) is 5.69 Å². The van der Waals surface area contributed by atoms with Crippen LogP contribution in [-0.4, -0.2) is 33.4 Å². The van der Waals surface area contributed by atoms with Crippen molar-refractivity contribution < 1.29 is 9.90 Å². The fourth-order valence-electron chi connectivity index (χ4n) is 1.73. The van der Waals surface area contributed by atoms with Crippen molar-refractivity contribution in [2.24, 2.45) is 5.92 Å². The molecule has 112 valence electrons. The maximum Gasteiger partial charge on any atom is 0.271 e. The van der Waals surface area contributed by atoms with Crippen molar-refractivity contribution in [3.63, 3.8) is 0 Å². The van der Waals surface area contributed by atoms with Crippen LogP contribution in [0.1, 0.15) is 24.3 Å². The molecule has 1 unspecified atom stereocenters. The normalized spacial score (nSPS) is 12.4. The summed E-state index contributed by atoms with van der Waals surface area (Å²) in [5.41, 5.74) is 1.08. The molecule has 1 aromatic carbocycles. The Morgan fingerprint density at radius 1 is 1.43 bits per heavy atom. The number of halogens is 1. The lowest BCUT2D eigenvalue weighted by Crippen LogP contribution is -2.34. The number of rotatable bonds is 5. The smallest absolute Gasteiger partial charge is 0.271 e. The van der Waals surface area contributed by atoms with Crippen molar-refractivity contribution in [3.05, 3.63) is 47.2 Å². The highest BCUT2D eigenvalue weighted by atomic mass is 35.5. The van der Waals surface area contributed by atoms with E-state index < -0.39 is 6.10 Å². The predicted octanol–water partition coefficient (Wildman–Crippen LogP) is 2.27. The first-order chi connectivity index (χ1) is 9.97. The van der Waals surface area contributed by atoms with Crippen molar-refractivity contribution in [3.8, 4) is 5.69 Å². The summed E-state index contributed by atoms with van der Waals surface area (Å²) < 4.78 is 1.58. The number of hydrogen-bond donors (Lipinski definition) is 2. The lowest BCUT2D eigenvalue weighted by Gasteiger charge is -2.14. The number of aliphatic hydroxyl groups excluding tert-OH is 1.